The van der Waals surface area contributed by atoms with Gasteiger partial charge >= 0.3 is 0 Å². The molecule has 124 valence electrons. The number of anilines is 2. The van der Waals surface area contributed by atoms with Crippen molar-refractivity contribution in [3.8, 4) is 0 Å². The van der Waals surface area contributed by atoms with Crippen molar-refractivity contribution in [2.24, 2.45) is 5.92 Å². The summed E-state index contributed by atoms with van der Waals surface area (Å²) in [5.74, 6) is -0.497. The van der Waals surface area contributed by atoms with Crippen molar-refractivity contribution in [1.82, 2.24) is 4.98 Å². The Morgan fingerprint density at radius 1 is 1.25 bits per heavy atom. The highest BCUT2D eigenvalue weighted by atomic mass is 16.2. The average Bonchev–Trinajstić information content (AvgIpc) is 2.93. The van der Waals surface area contributed by atoms with Gasteiger partial charge in [-0.2, -0.15) is 0 Å². The molecule has 1 saturated heterocycles. The number of carbonyl (C=O) groups excluding carboxylic acids is 2. The van der Waals surface area contributed by atoms with E-state index in [1.165, 1.54) is 5.56 Å². The van der Waals surface area contributed by atoms with Gasteiger partial charge in [0.25, 0.3) is 0 Å². The third-order valence-corrected chi connectivity index (χ3v) is 4.38. The normalized spacial score (nSPS) is 17.2. The Labute approximate surface area is 141 Å². The molecular formula is C19H21N3O2. The molecule has 0 radical (unpaired) electrons. The van der Waals surface area contributed by atoms with Gasteiger partial charge in [0.15, 0.2) is 0 Å². The molecular weight excluding hydrogens is 302 g/mol. The minimum Gasteiger partial charge on any atom is -0.325 e. The molecule has 1 aromatic carbocycles. The van der Waals surface area contributed by atoms with Crippen molar-refractivity contribution in [3.05, 3.63) is 53.3 Å². The number of nitrogens with zero attached hydrogens (tertiary/aromatic N) is 2. The van der Waals surface area contributed by atoms with Crippen LogP contribution in [0.15, 0.2) is 36.7 Å². The molecule has 2 amide bonds. The summed E-state index contributed by atoms with van der Waals surface area (Å²) >= 11 is 0. The first-order valence-corrected chi connectivity index (χ1v) is 8.05. The van der Waals surface area contributed by atoms with E-state index < -0.39 is 0 Å². The maximum Gasteiger partial charge on any atom is 0.229 e. The van der Waals surface area contributed by atoms with Gasteiger partial charge in [-0.3, -0.25) is 14.6 Å². The number of benzene rings is 1. The fourth-order valence-electron chi connectivity index (χ4n) is 3.25. The number of hydrogen-bond donors (Lipinski definition) is 1. The van der Waals surface area contributed by atoms with Gasteiger partial charge in [-0.25, -0.2) is 0 Å². The molecule has 5 heteroatoms. The molecule has 0 saturated carbocycles. The second-order valence-corrected chi connectivity index (χ2v) is 6.38. The highest BCUT2D eigenvalue weighted by molar-refractivity contribution is 6.03. The van der Waals surface area contributed by atoms with Gasteiger partial charge in [-0.1, -0.05) is 17.7 Å². The smallest absolute Gasteiger partial charge is 0.229 e. The molecule has 1 atom stereocenters. The molecule has 1 aromatic heterocycles. The van der Waals surface area contributed by atoms with E-state index in [-0.39, 0.29) is 24.2 Å². The summed E-state index contributed by atoms with van der Waals surface area (Å²) in [6.07, 6.45) is 3.54. The van der Waals surface area contributed by atoms with Crippen molar-refractivity contribution >= 4 is 23.2 Å². The Morgan fingerprint density at radius 3 is 2.58 bits per heavy atom. The van der Waals surface area contributed by atoms with Crippen LogP contribution in [0.2, 0.25) is 0 Å². The molecule has 0 aliphatic carbocycles. The molecule has 0 spiro atoms. The highest BCUT2D eigenvalue weighted by Crippen LogP contribution is 2.27. The number of rotatable bonds is 3. The van der Waals surface area contributed by atoms with Crippen LogP contribution < -0.4 is 10.2 Å². The van der Waals surface area contributed by atoms with E-state index in [9.17, 15) is 9.59 Å². The van der Waals surface area contributed by atoms with Crippen molar-refractivity contribution in [1.29, 1.82) is 0 Å². The molecule has 3 rings (SSSR count). The highest BCUT2D eigenvalue weighted by Gasteiger charge is 2.35. The van der Waals surface area contributed by atoms with E-state index in [1.807, 2.05) is 39.0 Å². The number of carbonyl (C=O) groups is 2. The SMILES string of the molecule is Cc1cc(C)c(NC(=O)C2CC(=O)N(c3cccnc3)C2)c(C)c1. The zero-order valence-electron chi connectivity index (χ0n) is 14.2. The van der Waals surface area contributed by atoms with Gasteiger partial charge in [0.1, 0.15) is 0 Å². The number of hydrogen-bond acceptors (Lipinski definition) is 3. The van der Waals surface area contributed by atoms with E-state index >= 15 is 0 Å². The number of aromatic nitrogens is 1. The first kappa shape index (κ1) is 16.2. The van der Waals surface area contributed by atoms with Crippen molar-refractivity contribution in [2.45, 2.75) is 27.2 Å². The Hall–Kier alpha value is -2.69. The van der Waals surface area contributed by atoms with Gasteiger partial charge in [-0.15, -0.1) is 0 Å². The van der Waals surface area contributed by atoms with E-state index in [4.69, 9.17) is 0 Å². The largest absolute Gasteiger partial charge is 0.325 e. The summed E-state index contributed by atoms with van der Waals surface area (Å²) in [6, 6.07) is 7.71. The Kier molecular flexibility index (Phi) is 4.34. The predicted molar refractivity (Wildman–Crippen MR) is 94.0 cm³/mol. The lowest BCUT2D eigenvalue weighted by molar-refractivity contribution is -0.122. The molecule has 2 aromatic rings. The minimum atomic E-state index is -0.349. The molecule has 1 unspecified atom stereocenters. The second-order valence-electron chi connectivity index (χ2n) is 6.38. The van der Waals surface area contributed by atoms with Gasteiger partial charge in [-0.05, 0) is 44.0 Å². The van der Waals surface area contributed by atoms with Crippen LogP contribution in [0.3, 0.4) is 0 Å². The number of aryl methyl sites for hydroxylation is 3. The predicted octanol–water partition coefficient (Wildman–Crippen LogP) is 3.00. The maximum atomic E-state index is 12.6. The van der Waals surface area contributed by atoms with E-state index in [1.54, 1.807) is 23.4 Å². The van der Waals surface area contributed by atoms with Crippen LogP contribution in [-0.2, 0) is 9.59 Å². The van der Waals surface area contributed by atoms with Crippen LogP contribution in [-0.4, -0.2) is 23.3 Å². The van der Waals surface area contributed by atoms with Gasteiger partial charge in [0, 0.05) is 24.8 Å². The van der Waals surface area contributed by atoms with Crippen LogP contribution in [0.4, 0.5) is 11.4 Å². The third kappa shape index (κ3) is 3.15. The lowest BCUT2D eigenvalue weighted by Crippen LogP contribution is -2.28. The average molecular weight is 323 g/mol. The quantitative estimate of drug-likeness (QED) is 0.944. The molecule has 0 bridgehead atoms. The van der Waals surface area contributed by atoms with Crippen molar-refractivity contribution in [2.75, 3.05) is 16.8 Å². The second kappa shape index (κ2) is 6.43. The molecule has 24 heavy (non-hydrogen) atoms. The molecule has 2 heterocycles. The third-order valence-electron chi connectivity index (χ3n) is 4.38. The summed E-state index contributed by atoms with van der Waals surface area (Å²) in [7, 11) is 0. The molecule has 1 fully saturated rings. The lowest BCUT2D eigenvalue weighted by Gasteiger charge is -2.17. The van der Waals surface area contributed by atoms with E-state index in [2.05, 4.69) is 10.3 Å². The van der Waals surface area contributed by atoms with Crippen molar-refractivity contribution < 1.29 is 9.59 Å². The zero-order chi connectivity index (χ0) is 17.3. The summed E-state index contributed by atoms with van der Waals surface area (Å²) in [5, 5.41) is 3.01. The topological polar surface area (TPSA) is 62.3 Å². The standard InChI is InChI=1S/C19H21N3O2/c1-12-7-13(2)18(14(3)8-12)21-19(24)15-9-17(23)22(11-15)16-5-4-6-20-10-16/h4-8,10,15H,9,11H2,1-3H3,(H,21,24). The molecule has 1 aliphatic rings. The van der Waals surface area contributed by atoms with Crippen LogP contribution in [0.1, 0.15) is 23.1 Å². The molecule has 1 N–H and O–H groups in total. The monoisotopic (exact) mass is 323 g/mol. The maximum absolute atomic E-state index is 12.6. The fourth-order valence-corrected chi connectivity index (χ4v) is 3.25. The van der Waals surface area contributed by atoms with Crippen molar-refractivity contribution in [3.63, 3.8) is 0 Å². The lowest BCUT2D eigenvalue weighted by atomic mass is 10.0. The van der Waals surface area contributed by atoms with Crippen LogP contribution in [0, 0.1) is 26.7 Å². The molecule has 1 aliphatic heterocycles. The number of amides is 2. The van der Waals surface area contributed by atoms with E-state index in [0.29, 0.717) is 6.54 Å². The molecule has 5 nitrogen and oxygen atoms in total. The Morgan fingerprint density at radius 2 is 1.96 bits per heavy atom. The fraction of sp³-hybridized carbons (Fsp3) is 0.316. The van der Waals surface area contributed by atoms with Gasteiger partial charge in [0.05, 0.1) is 17.8 Å². The zero-order valence-corrected chi connectivity index (χ0v) is 14.2. The summed E-state index contributed by atoms with van der Waals surface area (Å²) in [4.78, 5) is 30.5. The Balaban J connectivity index is 1.74. The summed E-state index contributed by atoms with van der Waals surface area (Å²) in [5.41, 5.74) is 4.82. The summed E-state index contributed by atoms with van der Waals surface area (Å²) < 4.78 is 0. The van der Waals surface area contributed by atoms with Crippen LogP contribution in [0.5, 0.6) is 0 Å². The first-order valence-electron chi connectivity index (χ1n) is 8.05. The van der Waals surface area contributed by atoms with Gasteiger partial charge < -0.3 is 10.2 Å². The van der Waals surface area contributed by atoms with Crippen LogP contribution in [0.25, 0.3) is 0 Å². The Bertz CT molecular complexity index is 763. The number of pyridine rings is 1. The van der Waals surface area contributed by atoms with E-state index in [0.717, 1.165) is 22.5 Å². The number of nitrogens with one attached hydrogen (secondary N) is 1. The minimum absolute atomic E-state index is 0.0412. The van der Waals surface area contributed by atoms with Gasteiger partial charge in [0.2, 0.25) is 11.8 Å². The summed E-state index contributed by atoms with van der Waals surface area (Å²) in [6.45, 7) is 6.39. The van der Waals surface area contributed by atoms with Crippen LogP contribution >= 0.6 is 0 Å². The first-order chi connectivity index (χ1) is 11.5.